The van der Waals surface area contributed by atoms with E-state index in [0.29, 0.717) is 12.4 Å². The molecule has 3 amide bonds. The zero-order valence-electron chi connectivity index (χ0n) is 21.7. The van der Waals surface area contributed by atoms with Crippen molar-refractivity contribution in [2.75, 3.05) is 23.7 Å². The van der Waals surface area contributed by atoms with E-state index < -0.39 is 0 Å². The van der Waals surface area contributed by atoms with E-state index >= 15 is 0 Å². The molecule has 7 nitrogen and oxygen atoms in total. The van der Waals surface area contributed by atoms with E-state index in [1.165, 1.54) is 0 Å². The molecule has 0 aliphatic heterocycles. The van der Waals surface area contributed by atoms with Gasteiger partial charge in [-0.15, -0.1) is 0 Å². The first kappa shape index (κ1) is 26.0. The number of aromatic nitrogens is 2. The first-order valence-electron chi connectivity index (χ1n) is 12.2. The standard InChI is InChI=1S/C28H37N5O2/c1-7-8-16-32(27(35)29-23-15-10-9-13-21(23)3)19-26(34)30-25-18-24(28(4,5)6)31-33(25)22-14-11-12-20(2)17-22/h9-15,17-18H,7-8,16,19H2,1-6H3,(H,29,35)(H,30,34). The van der Waals surface area contributed by atoms with Crippen molar-refractivity contribution in [1.82, 2.24) is 14.7 Å². The van der Waals surface area contributed by atoms with Gasteiger partial charge < -0.3 is 15.5 Å². The summed E-state index contributed by atoms with van der Waals surface area (Å²) < 4.78 is 1.76. The Morgan fingerprint density at radius 3 is 2.40 bits per heavy atom. The molecule has 0 atom stereocenters. The first-order valence-corrected chi connectivity index (χ1v) is 12.2. The van der Waals surface area contributed by atoms with Crippen LogP contribution in [0.3, 0.4) is 0 Å². The number of hydrogen-bond donors (Lipinski definition) is 2. The van der Waals surface area contributed by atoms with Crippen LogP contribution in [0.1, 0.15) is 57.4 Å². The van der Waals surface area contributed by atoms with Gasteiger partial charge in [-0.3, -0.25) is 4.79 Å². The van der Waals surface area contributed by atoms with Crippen molar-refractivity contribution in [3.8, 4) is 5.69 Å². The number of aryl methyl sites for hydroxylation is 2. The molecule has 0 aliphatic carbocycles. The lowest BCUT2D eigenvalue weighted by atomic mass is 9.92. The van der Waals surface area contributed by atoms with Gasteiger partial charge in [0, 0.05) is 23.7 Å². The Hall–Kier alpha value is -3.61. The van der Waals surface area contributed by atoms with Crippen molar-refractivity contribution in [2.45, 2.75) is 59.8 Å². The molecule has 0 bridgehead atoms. The van der Waals surface area contributed by atoms with Crippen LogP contribution < -0.4 is 10.6 Å². The number of urea groups is 1. The number of amides is 3. The SMILES string of the molecule is CCCCN(CC(=O)Nc1cc(C(C)(C)C)nn1-c1cccc(C)c1)C(=O)Nc1ccccc1C. The van der Waals surface area contributed by atoms with Crippen LogP contribution in [0, 0.1) is 13.8 Å². The minimum absolute atomic E-state index is 0.0540. The molecule has 7 heteroatoms. The maximum absolute atomic E-state index is 13.1. The van der Waals surface area contributed by atoms with Crippen LogP contribution in [0.5, 0.6) is 0 Å². The summed E-state index contributed by atoms with van der Waals surface area (Å²) in [5.74, 6) is 0.315. The molecule has 0 saturated carbocycles. The van der Waals surface area contributed by atoms with Crippen LogP contribution in [0.4, 0.5) is 16.3 Å². The molecular formula is C28H37N5O2. The molecular weight excluding hydrogens is 438 g/mol. The molecule has 1 aromatic heterocycles. The van der Waals surface area contributed by atoms with Crippen LogP contribution in [0.15, 0.2) is 54.6 Å². The summed E-state index contributed by atoms with van der Waals surface area (Å²) in [4.78, 5) is 27.7. The minimum Gasteiger partial charge on any atom is -0.315 e. The van der Waals surface area contributed by atoms with E-state index in [9.17, 15) is 9.59 Å². The summed E-state index contributed by atoms with van der Waals surface area (Å²) in [5.41, 5.74) is 4.37. The number of carbonyl (C=O) groups excluding carboxylic acids is 2. The molecule has 3 rings (SSSR count). The molecule has 0 spiro atoms. The number of nitrogens with one attached hydrogen (secondary N) is 2. The molecule has 0 radical (unpaired) electrons. The van der Waals surface area contributed by atoms with Crippen LogP contribution >= 0.6 is 0 Å². The van der Waals surface area contributed by atoms with Gasteiger partial charge in [-0.05, 0) is 49.6 Å². The fourth-order valence-electron chi connectivity index (χ4n) is 3.66. The zero-order chi connectivity index (χ0) is 25.6. The quantitative estimate of drug-likeness (QED) is 0.416. The second-order valence-corrected chi connectivity index (χ2v) is 9.98. The normalized spacial score (nSPS) is 11.3. The van der Waals surface area contributed by atoms with Gasteiger partial charge in [0.15, 0.2) is 0 Å². The summed E-state index contributed by atoms with van der Waals surface area (Å²) in [7, 11) is 0. The highest BCUT2D eigenvalue weighted by atomic mass is 16.2. The Bertz CT molecular complexity index is 1180. The van der Waals surface area contributed by atoms with E-state index in [0.717, 1.165) is 41.0 Å². The topological polar surface area (TPSA) is 79.3 Å². The van der Waals surface area contributed by atoms with Gasteiger partial charge in [-0.25, -0.2) is 9.48 Å². The molecule has 186 valence electrons. The van der Waals surface area contributed by atoms with Crippen molar-refractivity contribution >= 4 is 23.4 Å². The Morgan fingerprint density at radius 2 is 1.74 bits per heavy atom. The molecule has 0 aliphatic rings. The van der Waals surface area contributed by atoms with E-state index in [-0.39, 0.29) is 23.9 Å². The van der Waals surface area contributed by atoms with E-state index in [4.69, 9.17) is 5.10 Å². The van der Waals surface area contributed by atoms with Crippen molar-refractivity contribution in [3.63, 3.8) is 0 Å². The van der Waals surface area contributed by atoms with Crippen molar-refractivity contribution in [3.05, 3.63) is 71.4 Å². The molecule has 2 aromatic carbocycles. The Morgan fingerprint density at radius 1 is 1.00 bits per heavy atom. The number of carbonyl (C=O) groups is 2. The third kappa shape index (κ3) is 6.94. The number of rotatable bonds is 8. The lowest BCUT2D eigenvalue weighted by molar-refractivity contribution is -0.116. The number of benzene rings is 2. The second-order valence-electron chi connectivity index (χ2n) is 9.98. The molecule has 3 aromatic rings. The zero-order valence-corrected chi connectivity index (χ0v) is 21.7. The maximum Gasteiger partial charge on any atom is 0.322 e. The van der Waals surface area contributed by atoms with E-state index in [1.807, 2.05) is 68.4 Å². The number of para-hydroxylation sites is 1. The Labute approximate surface area is 208 Å². The Balaban J connectivity index is 1.82. The molecule has 35 heavy (non-hydrogen) atoms. The molecule has 1 heterocycles. The van der Waals surface area contributed by atoms with Crippen molar-refractivity contribution in [2.24, 2.45) is 0 Å². The smallest absolute Gasteiger partial charge is 0.315 e. The highest BCUT2D eigenvalue weighted by molar-refractivity contribution is 5.97. The third-order valence-corrected chi connectivity index (χ3v) is 5.78. The first-order chi connectivity index (χ1) is 16.6. The van der Waals surface area contributed by atoms with Crippen LogP contribution in [-0.2, 0) is 10.2 Å². The van der Waals surface area contributed by atoms with Gasteiger partial charge in [0.25, 0.3) is 0 Å². The highest BCUT2D eigenvalue weighted by Crippen LogP contribution is 2.26. The van der Waals surface area contributed by atoms with Crippen LogP contribution in [-0.4, -0.2) is 39.7 Å². The lowest BCUT2D eigenvalue weighted by Crippen LogP contribution is -2.41. The van der Waals surface area contributed by atoms with Crippen molar-refractivity contribution < 1.29 is 9.59 Å². The summed E-state index contributed by atoms with van der Waals surface area (Å²) in [5, 5.41) is 10.7. The monoisotopic (exact) mass is 475 g/mol. The summed E-state index contributed by atoms with van der Waals surface area (Å²) in [6, 6.07) is 17.2. The highest BCUT2D eigenvalue weighted by Gasteiger charge is 2.23. The van der Waals surface area contributed by atoms with Gasteiger partial charge in [-0.2, -0.15) is 5.10 Å². The fourth-order valence-corrected chi connectivity index (χ4v) is 3.66. The number of anilines is 2. The Kier molecular flexibility index (Phi) is 8.33. The van der Waals surface area contributed by atoms with Gasteiger partial charge >= 0.3 is 6.03 Å². The third-order valence-electron chi connectivity index (χ3n) is 5.78. The summed E-state index contributed by atoms with van der Waals surface area (Å²) >= 11 is 0. The van der Waals surface area contributed by atoms with Crippen molar-refractivity contribution in [1.29, 1.82) is 0 Å². The molecule has 0 saturated heterocycles. The minimum atomic E-state index is -0.287. The van der Waals surface area contributed by atoms with Crippen LogP contribution in [0.25, 0.3) is 5.69 Å². The fraction of sp³-hybridized carbons (Fsp3) is 0.393. The van der Waals surface area contributed by atoms with Crippen LogP contribution in [0.2, 0.25) is 0 Å². The van der Waals surface area contributed by atoms with Gasteiger partial charge in [0.05, 0.1) is 11.4 Å². The lowest BCUT2D eigenvalue weighted by Gasteiger charge is -2.23. The van der Waals surface area contributed by atoms with Gasteiger partial charge in [0.1, 0.15) is 12.4 Å². The summed E-state index contributed by atoms with van der Waals surface area (Å²) in [6.07, 6.45) is 1.73. The molecule has 0 fully saturated rings. The van der Waals surface area contributed by atoms with E-state index in [2.05, 4.69) is 38.3 Å². The average Bonchev–Trinajstić information content (AvgIpc) is 3.22. The predicted octanol–water partition coefficient (Wildman–Crippen LogP) is 6.06. The molecule has 2 N–H and O–H groups in total. The second kappa shape index (κ2) is 11.2. The number of unbranched alkanes of at least 4 members (excludes halogenated alkanes) is 1. The van der Waals surface area contributed by atoms with Gasteiger partial charge in [-0.1, -0.05) is 64.4 Å². The molecule has 0 unspecified atom stereocenters. The average molecular weight is 476 g/mol. The number of hydrogen-bond acceptors (Lipinski definition) is 3. The largest absolute Gasteiger partial charge is 0.322 e. The van der Waals surface area contributed by atoms with E-state index in [1.54, 1.807) is 9.58 Å². The summed E-state index contributed by atoms with van der Waals surface area (Å²) in [6.45, 7) is 12.7. The van der Waals surface area contributed by atoms with Gasteiger partial charge in [0.2, 0.25) is 5.91 Å². The predicted molar refractivity (Wildman–Crippen MR) is 142 cm³/mol. The number of nitrogens with zero attached hydrogens (tertiary/aromatic N) is 3. The maximum atomic E-state index is 13.1.